The predicted molar refractivity (Wildman–Crippen MR) is 140 cm³/mol. The number of aromatic nitrogens is 3. The second kappa shape index (κ2) is 8.04. The molecule has 36 heavy (non-hydrogen) atoms. The molecule has 2 N–H and O–H groups in total. The average Bonchev–Trinajstić information content (AvgIpc) is 3.34. The lowest BCUT2D eigenvalue weighted by molar-refractivity contribution is 0.595. The maximum absolute atomic E-state index is 12.9. The van der Waals surface area contributed by atoms with Crippen molar-refractivity contribution in [1.82, 2.24) is 14.1 Å². The van der Waals surface area contributed by atoms with Gasteiger partial charge in [0.05, 0.1) is 35.4 Å². The number of nitrogens with two attached hydrogens (primary N) is 1. The van der Waals surface area contributed by atoms with Crippen LogP contribution in [0.1, 0.15) is 33.5 Å². The molecule has 1 aliphatic rings. The first kappa shape index (κ1) is 22.0. The summed E-state index contributed by atoms with van der Waals surface area (Å²) in [5, 5.41) is 10.8. The smallest absolute Gasteiger partial charge is 0.251 e. The largest absolute Gasteiger partial charge is 0.336 e. The van der Waals surface area contributed by atoms with Crippen molar-refractivity contribution in [3.05, 3.63) is 123 Å². The Morgan fingerprint density at radius 3 is 2.58 bits per heavy atom. The number of benzene rings is 3. The van der Waals surface area contributed by atoms with E-state index in [9.17, 15) is 10.1 Å². The standard InChI is InChI=1S/C30H25N5O/c1-34-18-33-17-28(34)30(32)23-9-8-22(16-31)20(13-23)7-6-19-4-3-5-21(12-19)25-15-29(36)35(2)27-11-10-24(30)14-26(25)27/h3-5,8-15,17-18H,6-7,32H2,1-2H3/t30-/m0/s1. The van der Waals surface area contributed by atoms with E-state index in [1.165, 1.54) is 0 Å². The van der Waals surface area contributed by atoms with E-state index in [1.54, 1.807) is 30.2 Å². The summed E-state index contributed by atoms with van der Waals surface area (Å²) in [6.07, 6.45) is 5.01. The van der Waals surface area contributed by atoms with Crippen molar-refractivity contribution in [3.8, 4) is 17.2 Å². The molecule has 0 spiro atoms. The molecule has 2 heterocycles. The number of aryl methyl sites for hydroxylation is 4. The second-order valence-electron chi connectivity index (χ2n) is 9.57. The van der Waals surface area contributed by atoms with Crippen molar-refractivity contribution < 1.29 is 0 Å². The Hall–Kier alpha value is -4.47. The molecular weight excluding hydrogens is 446 g/mol. The third kappa shape index (κ3) is 3.21. The van der Waals surface area contributed by atoms with Crippen LogP contribution in [-0.4, -0.2) is 14.1 Å². The number of fused-ring (bicyclic) bond motifs is 6. The van der Waals surface area contributed by atoms with Crippen LogP contribution >= 0.6 is 0 Å². The highest BCUT2D eigenvalue weighted by molar-refractivity contribution is 5.95. The van der Waals surface area contributed by atoms with E-state index in [-0.39, 0.29) is 5.56 Å². The van der Waals surface area contributed by atoms with Gasteiger partial charge < -0.3 is 14.9 Å². The third-order valence-corrected chi connectivity index (χ3v) is 7.52. The molecule has 0 unspecified atom stereocenters. The van der Waals surface area contributed by atoms with Crippen LogP contribution in [0.2, 0.25) is 0 Å². The number of hydrogen-bond donors (Lipinski definition) is 1. The normalized spacial score (nSPS) is 16.7. The number of nitriles is 1. The highest BCUT2D eigenvalue weighted by Gasteiger charge is 2.35. The Labute approximate surface area is 208 Å². The Kier molecular flexibility index (Phi) is 4.92. The Morgan fingerprint density at radius 1 is 1.00 bits per heavy atom. The molecule has 0 aliphatic heterocycles. The fourth-order valence-corrected chi connectivity index (χ4v) is 5.47. The molecule has 0 radical (unpaired) electrons. The van der Waals surface area contributed by atoms with Gasteiger partial charge in [-0.3, -0.25) is 4.79 Å². The number of pyridine rings is 1. The lowest BCUT2D eigenvalue weighted by Gasteiger charge is -2.32. The number of imidazole rings is 1. The maximum atomic E-state index is 12.9. The molecule has 3 aromatic carbocycles. The lowest BCUT2D eigenvalue weighted by Crippen LogP contribution is -2.41. The van der Waals surface area contributed by atoms with Crippen molar-refractivity contribution in [2.24, 2.45) is 19.8 Å². The van der Waals surface area contributed by atoms with E-state index in [2.05, 4.69) is 35.3 Å². The molecule has 6 nitrogen and oxygen atoms in total. The maximum Gasteiger partial charge on any atom is 0.251 e. The van der Waals surface area contributed by atoms with Crippen molar-refractivity contribution in [2.75, 3.05) is 0 Å². The minimum absolute atomic E-state index is 0.0593. The molecule has 0 saturated heterocycles. The molecular formula is C30H25N5O. The summed E-state index contributed by atoms with van der Waals surface area (Å²) < 4.78 is 3.61. The van der Waals surface area contributed by atoms with Crippen LogP contribution < -0.4 is 11.3 Å². The predicted octanol–water partition coefficient (Wildman–Crippen LogP) is 4.16. The molecule has 1 aliphatic carbocycles. The number of rotatable bonds is 1. The van der Waals surface area contributed by atoms with Gasteiger partial charge in [-0.25, -0.2) is 4.98 Å². The summed E-state index contributed by atoms with van der Waals surface area (Å²) in [7, 11) is 3.73. The zero-order chi connectivity index (χ0) is 25.0. The molecule has 1 atom stereocenters. The summed E-state index contributed by atoms with van der Waals surface area (Å²) in [5.41, 5.74) is 14.4. The highest BCUT2D eigenvalue weighted by Crippen LogP contribution is 2.38. The second-order valence-corrected chi connectivity index (χ2v) is 9.57. The van der Waals surface area contributed by atoms with Gasteiger partial charge in [-0.15, -0.1) is 0 Å². The summed E-state index contributed by atoms with van der Waals surface area (Å²) in [5.74, 6) is 0. The lowest BCUT2D eigenvalue weighted by atomic mass is 9.79. The van der Waals surface area contributed by atoms with Crippen LogP contribution in [0.25, 0.3) is 22.0 Å². The van der Waals surface area contributed by atoms with Crippen LogP contribution in [0.4, 0.5) is 0 Å². The molecule has 6 heteroatoms. The average molecular weight is 472 g/mol. The first-order valence-corrected chi connectivity index (χ1v) is 11.9. The Morgan fingerprint density at radius 2 is 1.81 bits per heavy atom. The molecule has 6 bridgehead atoms. The van der Waals surface area contributed by atoms with Gasteiger partial charge in [0.1, 0.15) is 5.54 Å². The van der Waals surface area contributed by atoms with Crippen LogP contribution in [0.5, 0.6) is 0 Å². The number of hydrogen-bond acceptors (Lipinski definition) is 4. The third-order valence-electron chi connectivity index (χ3n) is 7.52. The fourth-order valence-electron chi connectivity index (χ4n) is 5.47. The first-order valence-electron chi connectivity index (χ1n) is 11.9. The summed E-state index contributed by atoms with van der Waals surface area (Å²) in [4.78, 5) is 17.3. The van der Waals surface area contributed by atoms with Crippen LogP contribution in [-0.2, 0) is 32.5 Å². The molecule has 176 valence electrons. The summed E-state index contributed by atoms with van der Waals surface area (Å²) in [6, 6.07) is 24.3. The van der Waals surface area contributed by atoms with Crippen molar-refractivity contribution in [3.63, 3.8) is 0 Å². The van der Waals surface area contributed by atoms with Crippen molar-refractivity contribution in [2.45, 2.75) is 18.4 Å². The van der Waals surface area contributed by atoms with Gasteiger partial charge in [0, 0.05) is 25.5 Å². The minimum Gasteiger partial charge on any atom is -0.336 e. The van der Waals surface area contributed by atoms with E-state index in [4.69, 9.17) is 5.73 Å². The first-order chi connectivity index (χ1) is 17.4. The Bertz CT molecular complexity index is 1770. The van der Waals surface area contributed by atoms with Crippen LogP contribution in [0, 0.1) is 11.3 Å². The molecule has 5 aromatic rings. The molecule has 0 saturated carbocycles. The molecule has 2 aromatic heterocycles. The topological polar surface area (TPSA) is 89.6 Å². The van der Waals surface area contributed by atoms with Gasteiger partial charge in [0.15, 0.2) is 0 Å². The van der Waals surface area contributed by atoms with Crippen molar-refractivity contribution >= 4 is 10.9 Å². The van der Waals surface area contributed by atoms with E-state index >= 15 is 0 Å². The SMILES string of the molecule is Cn1cncc1[C@]1(N)c2ccc(C#N)c(c2)CCc2cccc(c2)-c2cc(=O)n(C)c3ccc1cc23. The molecule has 0 fully saturated rings. The van der Waals surface area contributed by atoms with Gasteiger partial charge >= 0.3 is 0 Å². The highest BCUT2D eigenvalue weighted by atomic mass is 16.1. The zero-order valence-electron chi connectivity index (χ0n) is 20.2. The molecule has 0 amide bonds. The van der Waals surface area contributed by atoms with Gasteiger partial charge in [-0.2, -0.15) is 5.26 Å². The van der Waals surface area contributed by atoms with Gasteiger partial charge in [0.25, 0.3) is 5.56 Å². The van der Waals surface area contributed by atoms with Gasteiger partial charge in [0.2, 0.25) is 0 Å². The van der Waals surface area contributed by atoms with E-state index in [0.717, 1.165) is 56.4 Å². The Balaban J connectivity index is 1.77. The van der Waals surface area contributed by atoms with Gasteiger partial charge in [-0.05, 0) is 64.4 Å². The minimum atomic E-state index is -1.03. The van der Waals surface area contributed by atoms with E-state index in [1.807, 2.05) is 48.0 Å². The quantitative estimate of drug-likeness (QED) is 0.398. The number of nitrogens with zero attached hydrogens (tertiary/aromatic N) is 4. The van der Waals surface area contributed by atoms with Gasteiger partial charge in [-0.1, -0.05) is 42.5 Å². The zero-order valence-corrected chi connectivity index (χ0v) is 20.2. The van der Waals surface area contributed by atoms with Crippen LogP contribution in [0.15, 0.2) is 84.0 Å². The van der Waals surface area contributed by atoms with Crippen LogP contribution in [0.3, 0.4) is 0 Å². The van der Waals surface area contributed by atoms with E-state index < -0.39 is 5.54 Å². The monoisotopic (exact) mass is 471 g/mol. The van der Waals surface area contributed by atoms with Crippen molar-refractivity contribution in [1.29, 1.82) is 5.26 Å². The summed E-state index contributed by atoms with van der Waals surface area (Å²) >= 11 is 0. The molecule has 6 rings (SSSR count). The fraction of sp³-hybridized carbons (Fsp3) is 0.167. The van der Waals surface area contributed by atoms with E-state index in [0.29, 0.717) is 12.0 Å². The summed E-state index contributed by atoms with van der Waals surface area (Å²) in [6.45, 7) is 0.